The van der Waals surface area contributed by atoms with Gasteiger partial charge in [-0.25, -0.2) is 0 Å². The molecule has 35 heavy (non-hydrogen) atoms. The van der Waals surface area contributed by atoms with E-state index in [0.29, 0.717) is 5.11 Å². The van der Waals surface area contributed by atoms with Crippen LogP contribution in [-0.2, 0) is 0 Å². The topological polar surface area (TPSA) is 51.6 Å². The van der Waals surface area contributed by atoms with Crippen LogP contribution in [0.5, 0.6) is 11.5 Å². The predicted molar refractivity (Wildman–Crippen MR) is 140 cm³/mol. The van der Waals surface area contributed by atoms with Gasteiger partial charge < -0.3 is 24.3 Å². The van der Waals surface area contributed by atoms with Crippen molar-refractivity contribution >= 4 is 23.0 Å². The van der Waals surface area contributed by atoms with E-state index in [0.717, 1.165) is 28.6 Å². The summed E-state index contributed by atoms with van der Waals surface area (Å²) in [5.74, 6) is 1.49. The molecule has 2 atom stereocenters. The summed E-state index contributed by atoms with van der Waals surface area (Å²) in [4.78, 5) is 6.90. The van der Waals surface area contributed by atoms with Gasteiger partial charge in [0.2, 0.25) is 6.79 Å². The van der Waals surface area contributed by atoms with E-state index in [-0.39, 0.29) is 18.9 Å². The van der Waals surface area contributed by atoms with Crippen LogP contribution < -0.4 is 19.7 Å². The van der Waals surface area contributed by atoms with Crippen LogP contribution in [0.3, 0.4) is 0 Å². The quantitative estimate of drug-likeness (QED) is 0.377. The summed E-state index contributed by atoms with van der Waals surface area (Å²) in [5.41, 5.74) is 7.95. The number of aromatic nitrogens is 2. The Bertz CT molecular complexity index is 1420. The molecule has 0 saturated carbocycles. The Morgan fingerprint density at radius 1 is 0.886 bits per heavy atom. The molecule has 6 nitrogen and oxygen atoms in total. The van der Waals surface area contributed by atoms with Gasteiger partial charge >= 0.3 is 0 Å². The number of thiocarbonyl (C=S) groups is 1. The highest BCUT2D eigenvalue weighted by Gasteiger charge is 2.43. The summed E-state index contributed by atoms with van der Waals surface area (Å²) in [6.07, 6.45) is 1.83. The van der Waals surface area contributed by atoms with Gasteiger partial charge in [0.25, 0.3) is 0 Å². The largest absolute Gasteiger partial charge is 0.454 e. The van der Waals surface area contributed by atoms with Crippen LogP contribution in [0, 0.1) is 20.8 Å². The number of ether oxygens (including phenoxy) is 2. The number of rotatable bonds is 4. The van der Waals surface area contributed by atoms with E-state index in [1.165, 1.54) is 22.5 Å². The molecule has 7 heteroatoms. The predicted octanol–water partition coefficient (Wildman–Crippen LogP) is 5.70. The maximum Gasteiger partial charge on any atom is 0.231 e. The number of nitrogens with zero attached hydrogens (tertiary/aromatic N) is 3. The van der Waals surface area contributed by atoms with Crippen molar-refractivity contribution in [1.29, 1.82) is 0 Å². The maximum absolute atomic E-state index is 5.93. The fourth-order valence-electron chi connectivity index (χ4n) is 5.37. The number of hydrogen-bond donors (Lipinski definition) is 1. The van der Waals surface area contributed by atoms with Gasteiger partial charge in [0.1, 0.15) is 0 Å². The van der Waals surface area contributed by atoms with Crippen molar-refractivity contribution in [3.63, 3.8) is 0 Å². The molecule has 0 bridgehead atoms. The zero-order chi connectivity index (χ0) is 24.1. The Labute approximate surface area is 210 Å². The summed E-state index contributed by atoms with van der Waals surface area (Å²) in [6, 6.07) is 22.3. The zero-order valence-electron chi connectivity index (χ0n) is 19.9. The molecule has 1 N–H and O–H groups in total. The van der Waals surface area contributed by atoms with Gasteiger partial charge in [-0.05, 0) is 75.0 Å². The standard InChI is InChI=1S/C28H26N4O2S/c1-17-18(2)31(20-9-5-4-6-10-20)19(3)25(17)27-26(22-11-7-8-14-29-22)30-28(35)32(27)21-12-13-23-24(15-21)34-16-33-23/h4-15,26-27H,16H2,1-3H3,(H,30,35)/t26-,27-/m0/s1. The van der Waals surface area contributed by atoms with Gasteiger partial charge in [-0.3, -0.25) is 4.98 Å². The first-order valence-corrected chi connectivity index (χ1v) is 12.1. The molecular weight excluding hydrogens is 456 g/mol. The van der Waals surface area contributed by atoms with Gasteiger partial charge in [0.15, 0.2) is 16.6 Å². The first-order chi connectivity index (χ1) is 17.0. The molecule has 0 aliphatic carbocycles. The average molecular weight is 483 g/mol. The molecule has 4 heterocycles. The van der Waals surface area contributed by atoms with Crippen LogP contribution >= 0.6 is 12.2 Å². The highest BCUT2D eigenvalue weighted by atomic mass is 32.1. The van der Waals surface area contributed by atoms with Crippen molar-refractivity contribution in [2.24, 2.45) is 0 Å². The van der Waals surface area contributed by atoms with Crippen molar-refractivity contribution in [3.8, 4) is 17.2 Å². The SMILES string of the molecule is Cc1c([C@H]2[C@H](c3ccccn3)NC(=S)N2c2ccc3c(c2)OCO3)c(C)n(-c2ccccc2)c1C. The number of pyridine rings is 1. The van der Waals surface area contributed by atoms with Crippen molar-refractivity contribution in [1.82, 2.24) is 14.9 Å². The smallest absolute Gasteiger partial charge is 0.231 e. The minimum atomic E-state index is -0.113. The van der Waals surface area contributed by atoms with E-state index in [2.05, 4.69) is 65.9 Å². The first kappa shape index (κ1) is 21.7. The van der Waals surface area contributed by atoms with Crippen molar-refractivity contribution in [3.05, 3.63) is 101 Å². The van der Waals surface area contributed by atoms with E-state index in [1.54, 1.807) is 0 Å². The lowest BCUT2D eigenvalue weighted by molar-refractivity contribution is 0.174. The second-order valence-corrected chi connectivity index (χ2v) is 9.30. The van der Waals surface area contributed by atoms with E-state index in [1.807, 2.05) is 42.6 Å². The van der Waals surface area contributed by atoms with Crippen LogP contribution in [0.25, 0.3) is 5.69 Å². The third kappa shape index (κ3) is 3.46. The third-order valence-electron chi connectivity index (χ3n) is 7.05. The molecule has 2 aliphatic rings. The normalized spacial score (nSPS) is 18.7. The zero-order valence-corrected chi connectivity index (χ0v) is 20.7. The highest BCUT2D eigenvalue weighted by Crippen LogP contribution is 2.47. The minimum absolute atomic E-state index is 0.0959. The molecule has 4 aromatic rings. The molecule has 1 saturated heterocycles. The van der Waals surface area contributed by atoms with Crippen molar-refractivity contribution in [2.45, 2.75) is 32.9 Å². The third-order valence-corrected chi connectivity index (χ3v) is 7.36. The molecule has 2 aromatic carbocycles. The molecule has 0 unspecified atom stereocenters. The lowest BCUT2D eigenvalue weighted by atomic mass is 9.93. The lowest BCUT2D eigenvalue weighted by Crippen LogP contribution is -2.29. The fourth-order valence-corrected chi connectivity index (χ4v) is 5.71. The number of fused-ring (bicyclic) bond motifs is 1. The molecule has 0 amide bonds. The molecule has 2 aliphatic heterocycles. The van der Waals surface area contributed by atoms with Gasteiger partial charge in [-0.2, -0.15) is 0 Å². The number of para-hydroxylation sites is 1. The van der Waals surface area contributed by atoms with Crippen LogP contribution in [0.15, 0.2) is 72.9 Å². The summed E-state index contributed by atoms with van der Waals surface area (Å²) < 4.78 is 13.6. The van der Waals surface area contributed by atoms with E-state index in [9.17, 15) is 0 Å². The Balaban J connectivity index is 1.55. The van der Waals surface area contributed by atoms with E-state index in [4.69, 9.17) is 26.7 Å². The molecule has 2 aromatic heterocycles. The molecule has 176 valence electrons. The summed E-state index contributed by atoms with van der Waals surface area (Å²) in [6.45, 7) is 6.81. The van der Waals surface area contributed by atoms with Gasteiger partial charge in [-0.15, -0.1) is 0 Å². The number of anilines is 1. The summed E-state index contributed by atoms with van der Waals surface area (Å²) in [7, 11) is 0. The van der Waals surface area contributed by atoms with Crippen LogP contribution in [0.2, 0.25) is 0 Å². The van der Waals surface area contributed by atoms with Crippen LogP contribution in [0.4, 0.5) is 5.69 Å². The number of hydrogen-bond acceptors (Lipinski definition) is 4. The number of benzene rings is 2. The molecule has 6 rings (SSSR count). The van der Waals surface area contributed by atoms with Gasteiger partial charge in [-0.1, -0.05) is 24.3 Å². The molecule has 1 fully saturated rings. The molecule has 0 radical (unpaired) electrons. The van der Waals surface area contributed by atoms with Crippen LogP contribution in [0.1, 0.15) is 40.3 Å². The molecular formula is C28H26N4O2S. The van der Waals surface area contributed by atoms with Crippen molar-refractivity contribution < 1.29 is 9.47 Å². The second-order valence-electron chi connectivity index (χ2n) is 8.91. The lowest BCUT2D eigenvalue weighted by Gasteiger charge is -2.29. The fraction of sp³-hybridized carbons (Fsp3) is 0.214. The summed E-state index contributed by atoms with van der Waals surface area (Å²) in [5, 5.41) is 4.23. The average Bonchev–Trinajstić information content (AvgIpc) is 3.54. The number of nitrogens with one attached hydrogen (secondary N) is 1. The second kappa shape index (κ2) is 8.43. The first-order valence-electron chi connectivity index (χ1n) is 11.7. The Morgan fingerprint density at radius 2 is 1.66 bits per heavy atom. The highest BCUT2D eigenvalue weighted by molar-refractivity contribution is 7.80. The van der Waals surface area contributed by atoms with E-state index >= 15 is 0 Å². The minimum Gasteiger partial charge on any atom is -0.454 e. The van der Waals surface area contributed by atoms with Crippen molar-refractivity contribution in [2.75, 3.05) is 11.7 Å². The Hall–Kier alpha value is -3.84. The Morgan fingerprint density at radius 3 is 2.43 bits per heavy atom. The molecule has 0 spiro atoms. The summed E-state index contributed by atoms with van der Waals surface area (Å²) >= 11 is 5.93. The van der Waals surface area contributed by atoms with Gasteiger partial charge in [0.05, 0.1) is 17.8 Å². The van der Waals surface area contributed by atoms with Crippen LogP contribution in [-0.4, -0.2) is 21.5 Å². The Kier molecular flexibility index (Phi) is 5.22. The van der Waals surface area contributed by atoms with E-state index < -0.39 is 0 Å². The maximum atomic E-state index is 5.93. The van der Waals surface area contributed by atoms with Gasteiger partial charge in [0, 0.05) is 40.6 Å². The monoisotopic (exact) mass is 482 g/mol.